The summed E-state index contributed by atoms with van der Waals surface area (Å²) >= 11 is 2.22. The van der Waals surface area contributed by atoms with Gasteiger partial charge in [0.2, 0.25) is 0 Å². The third-order valence-corrected chi connectivity index (χ3v) is 11.6. The molecule has 5 atom stereocenters. The normalized spacial score (nSPS) is 22.6. The molecule has 0 spiro atoms. The van der Waals surface area contributed by atoms with E-state index in [4.69, 9.17) is 0 Å². The van der Waals surface area contributed by atoms with Crippen LogP contribution in [-0.2, 0) is 18.2 Å². The van der Waals surface area contributed by atoms with Crippen LogP contribution >= 0.6 is 17.5 Å². The van der Waals surface area contributed by atoms with E-state index in [2.05, 4.69) is 151 Å². The maximum atomic E-state index is 4.65. The Labute approximate surface area is 244 Å². The molecule has 2 aliphatic rings. The third-order valence-electron chi connectivity index (χ3n) is 8.13. The Kier molecular flexibility index (Phi) is 10.3. The van der Waals surface area contributed by atoms with Crippen molar-refractivity contribution in [2.24, 2.45) is 0 Å². The van der Waals surface area contributed by atoms with Gasteiger partial charge in [0.25, 0.3) is 0 Å². The monoisotopic (exact) mass is 632 g/mol. The van der Waals surface area contributed by atoms with Crippen LogP contribution in [0.15, 0.2) is 102 Å². The minimum absolute atomic E-state index is 0.107. The fraction of sp³-hybridized carbons (Fsp3) is 0.303. The summed E-state index contributed by atoms with van der Waals surface area (Å²) in [7, 11) is 8.58. The van der Waals surface area contributed by atoms with Crippen LogP contribution in [0.2, 0.25) is 0 Å². The summed E-state index contributed by atoms with van der Waals surface area (Å²) < 4.78 is 0. The third kappa shape index (κ3) is 5.99. The van der Waals surface area contributed by atoms with Gasteiger partial charge < -0.3 is 4.90 Å². The average molecular weight is 634 g/mol. The van der Waals surface area contributed by atoms with Gasteiger partial charge in [-0.1, -0.05) is 73.7 Å². The van der Waals surface area contributed by atoms with Crippen LogP contribution in [-0.4, -0.2) is 35.3 Å². The molecule has 2 bridgehead atoms. The van der Waals surface area contributed by atoms with Gasteiger partial charge in [0.05, 0.1) is 0 Å². The molecule has 0 N–H and O–H groups in total. The minimum atomic E-state index is -0.107. The van der Waals surface area contributed by atoms with Gasteiger partial charge in [-0.2, -0.15) is 18.2 Å². The van der Waals surface area contributed by atoms with Gasteiger partial charge in [-0.15, -0.1) is 22.4 Å². The summed E-state index contributed by atoms with van der Waals surface area (Å²) in [6, 6.07) is 33.9. The summed E-state index contributed by atoms with van der Waals surface area (Å²) in [6.45, 7) is 6.92. The van der Waals surface area contributed by atoms with Crippen molar-refractivity contribution >= 4 is 33.5 Å². The molecule has 1 saturated heterocycles. The number of fused-ring (bicyclic) bond motifs is 3. The van der Waals surface area contributed by atoms with Crippen molar-refractivity contribution in [3.63, 3.8) is 0 Å². The first kappa shape index (κ1) is 29.1. The molecule has 0 aliphatic carbocycles. The van der Waals surface area contributed by atoms with Crippen molar-refractivity contribution in [1.29, 1.82) is 0 Å². The molecule has 0 amide bonds. The number of benzene rings is 3. The van der Waals surface area contributed by atoms with Crippen molar-refractivity contribution in [3.05, 3.63) is 120 Å². The number of rotatable bonds is 4. The molecular formula is C33H36ClN2PPd. The quantitative estimate of drug-likeness (QED) is 0.0972. The Bertz CT molecular complexity index is 1350. The first-order chi connectivity index (χ1) is 18.5. The zero-order chi connectivity index (χ0) is 27.2. The number of aromatic nitrogens is 1. The molecule has 4 aromatic rings. The number of pyridine rings is 1. The summed E-state index contributed by atoms with van der Waals surface area (Å²) in [6.07, 6.45) is 3.23. The van der Waals surface area contributed by atoms with Crippen LogP contribution in [0, 0.1) is 6.07 Å². The number of halogens is 1. The van der Waals surface area contributed by atoms with Gasteiger partial charge in [0, 0.05) is 35.2 Å². The second kappa shape index (κ2) is 13.5. The maximum absolute atomic E-state index is 4.65. The van der Waals surface area contributed by atoms with E-state index in [1.165, 1.54) is 28.5 Å². The Morgan fingerprint density at radius 1 is 0.921 bits per heavy atom. The molecule has 6 rings (SSSR count). The van der Waals surface area contributed by atoms with Gasteiger partial charge in [-0.3, -0.25) is 4.98 Å². The molecule has 38 heavy (non-hydrogen) atoms. The molecule has 3 aromatic carbocycles. The number of hydrogen-bond acceptors (Lipinski definition) is 2. The van der Waals surface area contributed by atoms with E-state index in [0.717, 1.165) is 5.66 Å². The van der Waals surface area contributed by atoms with Crippen LogP contribution in [0.4, 0.5) is 0 Å². The van der Waals surface area contributed by atoms with Gasteiger partial charge in [-0.05, 0) is 58.7 Å². The fourth-order valence-corrected chi connectivity index (χ4v) is 9.81. The standard InChI is InChI=1S/C19H20NP.C14H16N.ClH.Pd/c1-13-14(2)19-16(17-10-6-7-11-20-17)12-18(13)21(19)15-8-4-3-5-9-15;1-11(15(2)3)13-10-6-8-12-7-4-5-9-14(12)13;;/h3-11,16,18-19H,12H2,1-2H3;4-9,11H,1-3H3;1H;/q;-1;;+2/p-1/t16-,18+,19+,21+;11-;;/m10../s1. The van der Waals surface area contributed by atoms with Crippen LogP contribution < -0.4 is 5.30 Å². The van der Waals surface area contributed by atoms with Crippen molar-refractivity contribution < 1.29 is 18.2 Å². The second-order valence-corrected chi connectivity index (χ2v) is 12.8. The first-order valence-corrected chi connectivity index (χ1v) is 16.5. The first-order valence-electron chi connectivity index (χ1n) is 13.1. The van der Waals surface area contributed by atoms with E-state index < -0.39 is 0 Å². The summed E-state index contributed by atoms with van der Waals surface area (Å²) in [5, 5.41) is 4.17. The molecule has 2 nitrogen and oxygen atoms in total. The van der Waals surface area contributed by atoms with E-state index in [9.17, 15) is 0 Å². The van der Waals surface area contributed by atoms with Crippen LogP contribution in [0.1, 0.15) is 50.4 Å². The zero-order valence-corrected chi connectivity index (χ0v) is 25.9. The molecule has 0 radical (unpaired) electrons. The van der Waals surface area contributed by atoms with Crippen molar-refractivity contribution in [3.8, 4) is 0 Å². The van der Waals surface area contributed by atoms with E-state index in [1.807, 2.05) is 18.3 Å². The van der Waals surface area contributed by atoms with Gasteiger partial charge in [0.15, 0.2) is 0 Å². The SMILES string of the molecule is CC1=C(C)[C@H]2[C@@H](c3ccccn3)C[C@@H]1[P@]2c1ccccc1.C[C@@H](c1[c-]ccc2ccccc12)N(C)C.[Cl][Pd+]. The van der Waals surface area contributed by atoms with E-state index in [1.54, 1.807) is 16.5 Å². The van der Waals surface area contributed by atoms with E-state index in [-0.39, 0.29) is 7.92 Å². The Balaban J connectivity index is 0.000000175. The van der Waals surface area contributed by atoms with E-state index >= 15 is 0 Å². The summed E-state index contributed by atoms with van der Waals surface area (Å²) in [5.41, 5.74) is 7.32. The Morgan fingerprint density at radius 3 is 2.29 bits per heavy atom. The van der Waals surface area contributed by atoms with Crippen LogP contribution in [0.25, 0.3) is 10.8 Å². The molecule has 3 heterocycles. The van der Waals surface area contributed by atoms with Gasteiger partial charge in [-0.25, -0.2) is 0 Å². The topological polar surface area (TPSA) is 16.1 Å². The molecule has 1 aromatic heterocycles. The summed E-state index contributed by atoms with van der Waals surface area (Å²) in [5.74, 6) is 0.617. The van der Waals surface area contributed by atoms with Crippen LogP contribution in [0.3, 0.4) is 0 Å². The Hall–Kier alpha value is -1.85. The molecule has 0 unspecified atom stereocenters. The van der Waals surface area contributed by atoms with Gasteiger partial charge >= 0.3 is 27.7 Å². The van der Waals surface area contributed by atoms with E-state index in [0.29, 0.717) is 17.6 Å². The van der Waals surface area contributed by atoms with Gasteiger partial charge in [0.1, 0.15) is 0 Å². The predicted octanol–water partition coefficient (Wildman–Crippen LogP) is 8.41. The van der Waals surface area contributed by atoms with Crippen molar-refractivity contribution in [1.82, 2.24) is 9.88 Å². The zero-order valence-electron chi connectivity index (χ0n) is 22.7. The molecule has 200 valence electrons. The second-order valence-electron chi connectivity index (χ2n) is 10.3. The molecule has 1 fully saturated rings. The number of allylic oxidation sites excluding steroid dienone is 2. The molecular weight excluding hydrogens is 597 g/mol. The Morgan fingerprint density at radius 2 is 1.61 bits per heavy atom. The molecule has 0 saturated carbocycles. The van der Waals surface area contributed by atoms with Crippen LogP contribution in [0.5, 0.6) is 0 Å². The predicted molar refractivity (Wildman–Crippen MR) is 161 cm³/mol. The fourth-order valence-electron chi connectivity index (χ4n) is 5.87. The number of nitrogens with zero attached hydrogens (tertiary/aromatic N) is 2. The summed E-state index contributed by atoms with van der Waals surface area (Å²) in [4.78, 5) is 6.86. The van der Waals surface area contributed by atoms with Crippen molar-refractivity contribution in [2.75, 3.05) is 14.1 Å². The van der Waals surface area contributed by atoms with Crippen molar-refractivity contribution in [2.45, 2.75) is 50.5 Å². The molecule has 2 aliphatic heterocycles. The number of hydrogen-bond donors (Lipinski definition) is 0. The molecule has 5 heteroatoms. The average Bonchev–Trinajstić information content (AvgIpc) is 3.48.